The van der Waals surface area contributed by atoms with Crippen LogP contribution in [0.3, 0.4) is 0 Å². The number of methoxy groups -OCH3 is 2. The SMILES string of the molecule is CCCC(OC)C(C)(COC)C(C)C. The third-order valence-corrected chi connectivity index (χ3v) is 3.35. The summed E-state index contributed by atoms with van der Waals surface area (Å²) in [6.07, 6.45) is 2.56. The van der Waals surface area contributed by atoms with Crippen molar-refractivity contribution in [1.29, 1.82) is 0 Å². The van der Waals surface area contributed by atoms with E-state index in [9.17, 15) is 0 Å². The largest absolute Gasteiger partial charge is 0.384 e. The van der Waals surface area contributed by atoms with Crippen LogP contribution in [0.5, 0.6) is 0 Å². The summed E-state index contributed by atoms with van der Waals surface area (Å²) in [5.74, 6) is 0.568. The van der Waals surface area contributed by atoms with Crippen LogP contribution in [0.25, 0.3) is 0 Å². The van der Waals surface area contributed by atoms with Gasteiger partial charge >= 0.3 is 0 Å². The van der Waals surface area contributed by atoms with Crippen LogP contribution in [0.4, 0.5) is 0 Å². The van der Waals surface area contributed by atoms with Crippen LogP contribution in [-0.4, -0.2) is 26.9 Å². The Morgan fingerprint density at radius 2 is 1.79 bits per heavy atom. The average Bonchev–Trinajstić information content (AvgIpc) is 2.14. The van der Waals surface area contributed by atoms with E-state index in [4.69, 9.17) is 9.47 Å². The first-order chi connectivity index (χ1) is 6.52. The van der Waals surface area contributed by atoms with Gasteiger partial charge in [0.05, 0.1) is 12.7 Å². The first-order valence-corrected chi connectivity index (χ1v) is 5.54. The molecule has 2 unspecified atom stereocenters. The first kappa shape index (κ1) is 13.9. The summed E-state index contributed by atoms with van der Waals surface area (Å²) in [5.41, 5.74) is 0.125. The molecular formula is C12H26O2. The Balaban J connectivity index is 4.57. The average molecular weight is 202 g/mol. The Hall–Kier alpha value is -0.0800. The maximum absolute atomic E-state index is 5.59. The normalized spacial score (nSPS) is 18.2. The maximum Gasteiger partial charge on any atom is 0.0649 e. The molecule has 2 atom stereocenters. The molecule has 2 heteroatoms. The van der Waals surface area contributed by atoms with Crippen LogP contribution >= 0.6 is 0 Å². The van der Waals surface area contributed by atoms with Gasteiger partial charge in [-0.15, -0.1) is 0 Å². The molecule has 0 aromatic rings. The molecule has 0 saturated heterocycles. The predicted octanol–water partition coefficient (Wildman–Crippen LogP) is 3.11. The summed E-state index contributed by atoms with van der Waals surface area (Å²) in [5, 5.41) is 0. The highest BCUT2D eigenvalue weighted by molar-refractivity contribution is 4.85. The van der Waals surface area contributed by atoms with E-state index in [0.29, 0.717) is 12.0 Å². The predicted molar refractivity (Wildman–Crippen MR) is 60.5 cm³/mol. The van der Waals surface area contributed by atoms with Gasteiger partial charge in [-0.1, -0.05) is 34.1 Å². The summed E-state index contributed by atoms with van der Waals surface area (Å²) >= 11 is 0. The Kier molecular flexibility index (Phi) is 6.38. The van der Waals surface area contributed by atoms with Gasteiger partial charge in [-0.05, 0) is 12.3 Å². The molecule has 0 aliphatic rings. The van der Waals surface area contributed by atoms with Gasteiger partial charge < -0.3 is 9.47 Å². The number of rotatable bonds is 7. The molecule has 0 radical (unpaired) electrons. The fraction of sp³-hybridized carbons (Fsp3) is 1.00. The second kappa shape index (κ2) is 6.41. The van der Waals surface area contributed by atoms with E-state index in [1.165, 1.54) is 0 Å². The van der Waals surface area contributed by atoms with E-state index >= 15 is 0 Å². The standard InChI is InChI=1S/C12H26O2/c1-7-8-11(14-6)12(4,9-13-5)10(2)3/h10-11H,7-9H2,1-6H3. The fourth-order valence-corrected chi connectivity index (χ4v) is 1.92. The topological polar surface area (TPSA) is 18.5 Å². The highest BCUT2D eigenvalue weighted by Gasteiger charge is 2.36. The third-order valence-electron chi connectivity index (χ3n) is 3.35. The molecule has 2 nitrogen and oxygen atoms in total. The van der Waals surface area contributed by atoms with Gasteiger partial charge in [-0.2, -0.15) is 0 Å². The molecule has 0 bridgehead atoms. The molecule has 0 N–H and O–H groups in total. The lowest BCUT2D eigenvalue weighted by Gasteiger charge is -2.39. The molecule has 14 heavy (non-hydrogen) atoms. The molecule has 0 rings (SSSR count). The Bertz CT molecular complexity index is 145. The minimum absolute atomic E-state index is 0.125. The van der Waals surface area contributed by atoms with E-state index in [2.05, 4.69) is 27.7 Å². The van der Waals surface area contributed by atoms with Gasteiger partial charge in [-0.25, -0.2) is 0 Å². The summed E-state index contributed by atoms with van der Waals surface area (Å²) in [6, 6.07) is 0. The van der Waals surface area contributed by atoms with Crippen molar-refractivity contribution < 1.29 is 9.47 Å². The second-order valence-corrected chi connectivity index (χ2v) is 4.61. The maximum atomic E-state index is 5.59. The quantitative estimate of drug-likeness (QED) is 0.631. The number of hydrogen-bond donors (Lipinski definition) is 0. The molecule has 0 aromatic carbocycles. The van der Waals surface area contributed by atoms with Crippen molar-refractivity contribution in [2.24, 2.45) is 11.3 Å². The van der Waals surface area contributed by atoms with Crippen LogP contribution < -0.4 is 0 Å². The van der Waals surface area contributed by atoms with Crippen LogP contribution in [-0.2, 0) is 9.47 Å². The molecule has 0 fully saturated rings. The van der Waals surface area contributed by atoms with Crippen LogP contribution in [0.15, 0.2) is 0 Å². The van der Waals surface area contributed by atoms with Crippen LogP contribution in [0.2, 0.25) is 0 Å². The minimum atomic E-state index is 0.125. The van der Waals surface area contributed by atoms with Gasteiger partial charge in [-0.3, -0.25) is 0 Å². The molecule has 0 aliphatic carbocycles. The zero-order valence-electron chi connectivity index (χ0n) is 10.6. The summed E-state index contributed by atoms with van der Waals surface area (Å²) in [6.45, 7) is 9.69. The van der Waals surface area contributed by atoms with Crippen molar-refractivity contribution in [3.05, 3.63) is 0 Å². The fourth-order valence-electron chi connectivity index (χ4n) is 1.92. The van der Waals surface area contributed by atoms with Gasteiger partial charge in [0, 0.05) is 19.6 Å². The highest BCUT2D eigenvalue weighted by atomic mass is 16.5. The summed E-state index contributed by atoms with van der Waals surface area (Å²) in [7, 11) is 3.57. The van der Waals surface area contributed by atoms with Crippen molar-refractivity contribution >= 4 is 0 Å². The van der Waals surface area contributed by atoms with E-state index in [1.807, 2.05) is 0 Å². The molecule has 0 spiro atoms. The van der Waals surface area contributed by atoms with Crippen molar-refractivity contribution in [3.8, 4) is 0 Å². The van der Waals surface area contributed by atoms with Gasteiger partial charge in [0.2, 0.25) is 0 Å². The second-order valence-electron chi connectivity index (χ2n) is 4.61. The van der Waals surface area contributed by atoms with Gasteiger partial charge in [0.25, 0.3) is 0 Å². The first-order valence-electron chi connectivity index (χ1n) is 5.54. The lowest BCUT2D eigenvalue weighted by atomic mass is 9.73. The molecule has 0 heterocycles. The van der Waals surface area contributed by atoms with E-state index < -0.39 is 0 Å². The highest BCUT2D eigenvalue weighted by Crippen LogP contribution is 2.35. The summed E-state index contributed by atoms with van der Waals surface area (Å²) < 4.78 is 10.9. The minimum Gasteiger partial charge on any atom is -0.384 e. The van der Waals surface area contributed by atoms with Crippen molar-refractivity contribution in [2.75, 3.05) is 20.8 Å². The molecule has 0 saturated carbocycles. The summed E-state index contributed by atoms with van der Waals surface area (Å²) in [4.78, 5) is 0. The van der Waals surface area contributed by atoms with Crippen molar-refractivity contribution in [1.82, 2.24) is 0 Å². The van der Waals surface area contributed by atoms with Crippen molar-refractivity contribution in [3.63, 3.8) is 0 Å². The number of ether oxygens (including phenoxy) is 2. The molecule has 0 aliphatic heterocycles. The van der Waals surface area contributed by atoms with Gasteiger partial charge in [0.15, 0.2) is 0 Å². The number of hydrogen-bond acceptors (Lipinski definition) is 2. The van der Waals surface area contributed by atoms with E-state index in [0.717, 1.165) is 19.4 Å². The molecular weight excluding hydrogens is 176 g/mol. The van der Waals surface area contributed by atoms with Gasteiger partial charge in [0.1, 0.15) is 0 Å². The molecule has 0 aromatic heterocycles. The smallest absolute Gasteiger partial charge is 0.0649 e. The Labute approximate surface area is 89.0 Å². The lowest BCUT2D eigenvalue weighted by Crippen LogP contribution is -2.42. The molecule has 0 amide bonds. The Morgan fingerprint density at radius 3 is 2.07 bits per heavy atom. The monoisotopic (exact) mass is 202 g/mol. The van der Waals surface area contributed by atoms with Crippen LogP contribution in [0, 0.1) is 11.3 Å². The zero-order chi connectivity index (χ0) is 11.2. The molecule has 86 valence electrons. The van der Waals surface area contributed by atoms with Crippen LogP contribution in [0.1, 0.15) is 40.5 Å². The zero-order valence-corrected chi connectivity index (χ0v) is 10.6. The Morgan fingerprint density at radius 1 is 1.21 bits per heavy atom. The van der Waals surface area contributed by atoms with Crippen molar-refractivity contribution in [2.45, 2.75) is 46.6 Å². The third kappa shape index (κ3) is 3.25. The van der Waals surface area contributed by atoms with E-state index in [-0.39, 0.29) is 5.41 Å². The lowest BCUT2D eigenvalue weighted by molar-refractivity contribution is -0.0740. The van der Waals surface area contributed by atoms with E-state index in [1.54, 1.807) is 14.2 Å².